The number of carbonyl (C=O) groups excluding carboxylic acids is 3. The predicted molar refractivity (Wildman–Crippen MR) is 174 cm³/mol. The summed E-state index contributed by atoms with van der Waals surface area (Å²) >= 11 is 0. The predicted octanol–water partition coefficient (Wildman–Crippen LogP) is 2.04. The van der Waals surface area contributed by atoms with Crippen LogP contribution < -0.4 is 4.90 Å². The van der Waals surface area contributed by atoms with Gasteiger partial charge in [-0.2, -0.15) is 0 Å². The minimum atomic E-state index is -1.70. The number of rotatable bonds is 9. The van der Waals surface area contributed by atoms with Crippen molar-refractivity contribution >= 4 is 23.5 Å². The lowest BCUT2D eigenvalue weighted by molar-refractivity contribution is -0.320. The summed E-state index contributed by atoms with van der Waals surface area (Å²) in [7, 11) is 6.70. The van der Waals surface area contributed by atoms with Gasteiger partial charge in [-0.3, -0.25) is 14.5 Å². The lowest BCUT2D eigenvalue weighted by atomic mass is 9.42. The fourth-order valence-electron chi connectivity index (χ4n) is 13.2. The summed E-state index contributed by atoms with van der Waals surface area (Å²) in [5.41, 5.74) is -4.17. The van der Waals surface area contributed by atoms with Gasteiger partial charge in [0.25, 0.3) is 0 Å². The number of esters is 1. The van der Waals surface area contributed by atoms with Crippen LogP contribution in [0.25, 0.3) is 0 Å². The summed E-state index contributed by atoms with van der Waals surface area (Å²) in [5.74, 6) is -2.47. The number of anilines is 1. The average molecular weight is 683 g/mol. The largest absolute Gasteiger partial charge is 0.461 e. The number of methoxy groups -OCH3 is 4. The van der Waals surface area contributed by atoms with E-state index in [0.29, 0.717) is 25.9 Å². The van der Waals surface area contributed by atoms with Crippen LogP contribution in [0.5, 0.6) is 0 Å². The second kappa shape index (κ2) is 11.3. The molecule has 1 spiro atoms. The van der Waals surface area contributed by atoms with Crippen LogP contribution in [0.3, 0.4) is 0 Å². The Bertz CT molecular complexity index is 1560. The minimum absolute atomic E-state index is 0.0358. The molecule has 0 radical (unpaired) electrons. The number of piperidine rings is 1. The number of hydrogen-bond acceptors (Lipinski definition) is 11. The van der Waals surface area contributed by atoms with Gasteiger partial charge in [0, 0.05) is 82.3 Å². The van der Waals surface area contributed by atoms with E-state index >= 15 is 0 Å². The third-order valence-electron chi connectivity index (χ3n) is 14.5. The molecule has 1 aromatic carbocycles. The molecule has 7 fully saturated rings. The number of amides is 2. The Hall–Kier alpha value is -2.45. The molecular formula is C37H50N2O10. The number of imide groups is 1. The third-order valence-corrected chi connectivity index (χ3v) is 14.5. The average Bonchev–Trinajstić information content (AvgIpc) is 3.63. The minimum Gasteiger partial charge on any atom is -0.461 e. The molecule has 5 unspecified atom stereocenters. The Morgan fingerprint density at radius 2 is 1.80 bits per heavy atom. The highest BCUT2D eigenvalue weighted by Gasteiger charge is 2.91. The Balaban J connectivity index is 1.23. The van der Waals surface area contributed by atoms with Crippen molar-refractivity contribution in [1.82, 2.24) is 4.90 Å². The molecule has 7 bridgehead atoms. The molecule has 2 aliphatic heterocycles. The van der Waals surface area contributed by atoms with Crippen LogP contribution in [-0.2, 0) is 33.3 Å². The monoisotopic (exact) mass is 682 g/mol. The molecule has 2 amide bonds. The van der Waals surface area contributed by atoms with E-state index in [1.165, 1.54) is 0 Å². The highest BCUT2D eigenvalue weighted by molar-refractivity contribution is 6.22. The number of ether oxygens (including phenoxy) is 5. The molecule has 5 aliphatic carbocycles. The van der Waals surface area contributed by atoms with Crippen LogP contribution in [0, 0.1) is 40.4 Å². The Morgan fingerprint density at radius 1 is 1.04 bits per heavy atom. The van der Waals surface area contributed by atoms with E-state index in [1.807, 2.05) is 0 Å². The van der Waals surface area contributed by atoms with Crippen molar-refractivity contribution in [2.45, 2.75) is 87.6 Å². The number of fused-ring (bicyclic) bond motifs is 2. The normalized spacial score (nSPS) is 48.0. The van der Waals surface area contributed by atoms with E-state index in [4.69, 9.17) is 23.7 Å². The second-order valence-corrected chi connectivity index (χ2v) is 16.0. The standard InChI is InChI=1S/C37H50N2O10/c1-7-38-17-34(18-49-32(42)20-10-8-9-11-23(20)39-26(40)14-19(2)31(39)41)13-12-25(46-4)36-22-15-21-24(45-3)16-35(43,27(22)28(21)47-5)37(44,33(36)38)30(48-6)29(34)36/h8-11,19,21-22,24-25,27-30,33,43-44H,7,12-18H2,1-6H3/t19?,21?,22-,24+,25?,27-,28?,29-,30+,33-,34+,35-,36?,37+/m1/s1. The van der Waals surface area contributed by atoms with E-state index in [-0.39, 0.29) is 84.5 Å². The first-order valence-electron chi connectivity index (χ1n) is 17.9. The van der Waals surface area contributed by atoms with Crippen molar-refractivity contribution in [3.05, 3.63) is 29.8 Å². The van der Waals surface area contributed by atoms with Gasteiger partial charge >= 0.3 is 5.97 Å². The van der Waals surface area contributed by atoms with E-state index in [9.17, 15) is 24.6 Å². The molecule has 8 rings (SSSR count). The van der Waals surface area contributed by atoms with Crippen molar-refractivity contribution in [2.24, 2.45) is 40.4 Å². The number of likely N-dealkylation sites (N-methyl/N-ethyl adjacent to an activating group) is 1. The van der Waals surface area contributed by atoms with E-state index in [0.717, 1.165) is 11.3 Å². The van der Waals surface area contributed by atoms with Crippen molar-refractivity contribution in [1.29, 1.82) is 0 Å². The van der Waals surface area contributed by atoms with Crippen LogP contribution in [0.1, 0.15) is 56.3 Å². The Morgan fingerprint density at radius 3 is 2.43 bits per heavy atom. The second-order valence-electron chi connectivity index (χ2n) is 16.0. The van der Waals surface area contributed by atoms with Gasteiger partial charge in [0.2, 0.25) is 11.8 Å². The van der Waals surface area contributed by atoms with Gasteiger partial charge in [-0.05, 0) is 43.9 Å². The molecule has 5 saturated carbocycles. The van der Waals surface area contributed by atoms with Gasteiger partial charge in [-0.15, -0.1) is 0 Å². The first kappa shape index (κ1) is 33.7. The quantitative estimate of drug-likeness (QED) is 0.292. The first-order chi connectivity index (χ1) is 23.4. The summed E-state index contributed by atoms with van der Waals surface area (Å²) in [4.78, 5) is 43.3. The van der Waals surface area contributed by atoms with Crippen LogP contribution in [0.4, 0.5) is 5.69 Å². The molecule has 14 atom stereocenters. The molecule has 12 heteroatoms. The number of para-hydroxylation sites is 1. The van der Waals surface area contributed by atoms with E-state index in [2.05, 4.69) is 11.8 Å². The maximum atomic E-state index is 14.1. The maximum Gasteiger partial charge on any atom is 0.340 e. The summed E-state index contributed by atoms with van der Waals surface area (Å²) in [5, 5.41) is 26.6. The summed E-state index contributed by atoms with van der Waals surface area (Å²) in [6.07, 6.45) is 0.813. The zero-order valence-electron chi connectivity index (χ0n) is 29.3. The van der Waals surface area contributed by atoms with Crippen LogP contribution in [-0.4, -0.2) is 123 Å². The van der Waals surface area contributed by atoms with Gasteiger partial charge in [-0.25, -0.2) is 9.69 Å². The lowest BCUT2D eigenvalue weighted by Gasteiger charge is -2.70. The molecule has 2 heterocycles. The summed E-state index contributed by atoms with van der Waals surface area (Å²) in [6, 6.07) is 6.12. The highest BCUT2D eigenvalue weighted by Crippen LogP contribution is 2.80. The van der Waals surface area contributed by atoms with Crippen molar-refractivity contribution in [3.8, 4) is 0 Å². The molecule has 7 aliphatic rings. The molecular weight excluding hydrogens is 632 g/mol. The SMILES string of the molecule is CCN1C[C@]2(COC(=O)c3ccccc3N3C(=O)CC(C)C3=O)CCC(OC)C34[C@@H]5CC6C(OC)[C@@H]5[C@](O)(C[C@@H]6OC)[C@@](O)([C@H]13)[C@@H](OC)[C@@H]42. The number of likely N-dealkylation sites (tertiary alicyclic amines) is 1. The van der Waals surface area contributed by atoms with Crippen LogP contribution in [0.15, 0.2) is 24.3 Å². The fourth-order valence-corrected chi connectivity index (χ4v) is 13.2. The zero-order chi connectivity index (χ0) is 34.8. The zero-order valence-corrected chi connectivity index (χ0v) is 29.3. The van der Waals surface area contributed by atoms with Crippen LogP contribution >= 0.6 is 0 Å². The lowest BCUT2D eigenvalue weighted by Crippen LogP contribution is -2.82. The van der Waals surface area contributed by atoms with Gasteiger partial charge in [0.15, 0.2) is 0 Å². The van der Waals surface area contributed by atoms with Crippen molar-refractivity contribution in [2.75, 3.05) is 53.0 Å². The number of nitrogens with zero attached hydrogens (tertiary/aromatic N) is 2. The fraction of sp³-hybridized carbons (Fsp3) is 0.757. The molecule has 2 N–H and O–H groups in total. The van der Waals surface area contributed by atoms with Gasteiger partial charge in [0.1, 0.15) is 11.2 Å². The maximum absolute atomic E-state index is 14.1. The smallest absolute Gasteiger partial charge is 0.340 e. The van der Waals surface area contributed by atoms with E-state index < -0.39 is 46.1 Å². The molecule has 268 valence electrons. The molecule has 12 nitrogen and oxygen atoms in total. The highest BCUT2D eigenvalue weighted by atomic mass is 16.5. The van der Waals surface area contributed by atoms with Crippen LogP contribution in [0.2, 0.25) is 0 Å². The van der Waals surface area contributed by atoms with Crippen molar-refractivity contribution < 1.29 is 48.3 Å². The number of aliphatic hydroxyl groups is 2. The van der Waals surface area contributed by atoms with Gasteiger partial charge < -0.3 is 33.9 Å². The van der Waals surface area contributed by atoms with E-state index in [1.54, 1.807) is 59.6 Å². The first-order valence-corrected chi connectivity index (χ1v) is 17.9. The number of carbonyl (C=O) groups is 3. The molecule has 0 aromatic heterocycles. The summed E-state index contributed by atoms with van der Waals surface area (Å²) in [6.45, 7) is 4.95. The summed E-state index contributed by atoms with van der Waals surface area (Å²) < 4.78 is 31.4. The third kappa shape index (κ3) is 3.86. The van der Waals surface area contributed by atoms with Gasteiger partial charge in [0.05, 0.1) is 48.3 Å². The molecule has 49 heavy (non-hydrogen) atoms. The Labute approximate surface area is 287 Å². The molecule has 2 saturated heterocycles. The Kier molecular flexibility index (Phi) is 7.75. The number of benzene rings is 1. The van der Waals surface area contributed by atoms with Crippen molar-refractivity contribution in [3.63, 3.8) is 0 Å². The van der Waals surface area contributed by atoms with Gasteiger partial charge in [-0.1, -0.05) is 26.0 Å². The molecule has 1 aromatic rings. The topological polar surface area (TPSA) is 144 Å². The number of hydrogen-bond donors (Lipinski definition) is 2.